The van der Waals surface area contributed by atoms with Gasteiger partial charge >= 0.3 is 0 Å². The molecule has 5 rings (SSSR count). The zero-order chi connectivity index (χ0) is 22.1. The van der Waals surface area contributed by atoms with Crippen molar-refractivity contribution in [1.29, 1.82) is 0 Å². The molecular formula is C24H21N5O3. The summed E-state index contributed by atoms with van der Waals surface area (Å²) >= 11 is 0. The van der Waals surface area contributed by atoms with E-state index >= 15 is 0 Å². The molecule has 1 aromatic heterocycles. The minimum atomic E-state index is -0.167. The van der Waals surface area contributed by atoms with Gasteiger partial charge < -0.3 is 9.26 Å². The Balaban J connectivity index is 1.38. The summed E-state index contributed by atoms with van der Waals surface area (Å²) in [6.45, 7) is 1.90. The number of ether oxygens (including phenoxy) is 1. The van der Waals surface area contributed by atoms with Gasteiger partial charge in [-0.1, -0.05) is 41.6 Å². The molecule has 8 heteroatoms. The van der Waals surface area contributed by atoms with E-state index in [1.165, 1.54) is 5.01 Å². The highest BCUT2D eigenvalue weighted by atomic mass is 16.5. The molecule has 160 valence electrons. The number of rotatable bonds is 5. The summed E-state index contributed by atoms with van der Waals surface area (Å²) in [5, 5.41) is 7.03. The highest BCUT2D eigenvalue weighted by molar-refractivity contribution is 6.02. The van der Waals surface area contributed by atoms with E-state index in [4.69, 9.17) is 9.26 Å². The smallest absolute Gasteiger partial charge is 0.272 e. The Kier molecular flexibility index (Phi) is 5.04. The first-order valence-electron chi connectivity index (χ1n) is 10.2. The van der Waals surface area contributed by atoms with Crippen LogP contribution >= 0.6 is 0 Å². The summed E-state index contributed by atoms with van der Waals surface area (Å²) < 4.78 is 11.0. The van der Waals surface area contributed by atoms with Gasteiger partial charge in [-0.15, -0.1) is 5.53 Å². The number of anilines is 1. The van der Waals surface area contributed by atoms with Gasteiger partial charge in [-0.25, -0.2) is 5.01 Å². The van der Waals surface area contributed by atoms with Crippen LogP contribution in [0.15, 0.2) is 77.3 Å². The van der Waals surface area contributed by atoms with Crippen LogP contribution in [0.1, 0.15) is 22.1 Å². The standard InChI is InChI=1S/C24H21N5O3/c1-16-25-23(32-26-16)15-29-24(30)21-14-18(10-13-22(21)28(2)27-29)17-8-11-20(12-9-17)31-19-6-4-3-5-7-19/h3-14,27H,15H2,1-2H3. The van der Waals surface area contributed by atoms with Crippen LogP contribution in [-0.2, 0) is 6.54 Å². The monoisotopic (exact) mass is 427 g/mol. The normalized spacial score (nSPS) is 13.2. The van der Waals surface area contributed by atoms with Gasteiger partial charge in [0.25, 0.3) is 5.91 Å². The van der Waals surface area contributed by atoms with Gasteiger partial charge in [0.2, 0.25) is 5.89 Å². The number of fused-ring (bicyclic) bond motifs is 1. The quantitative estimate of drug-likeness (QED) is 0.507. The van der Waals surface area contributed by atoms with Crippen LogP contribution in [0.5, 0.6) is 11.5 Å². The van der Waals surface area contributed by atoms with Crippen molar-refractivity contribution in [2.75, 3.05) is 12.1 Å². The topological polar surface area (TPSA) is 83.7 Å². The average molecular weight is 427 g/mol. The predicted octanol–water partition coefficient (Wildman–Crippen LogP) is 4.35. The van der Waals surface area contributed by atoms with E-state index in [1.807, 2.05) is 79.8 Å². The number of nitrogens with one attached hydrogen (secondary N) is 1. The maximum atomic E-state index is 13.1. The van der Waals surface area contributed by atoms with E-state index in [0.29, 0.717) is 17.3 Å². The number of carbonyl (C=O) groups excluding carboxylic acids is 1. The summed E-state index contributed by atoms with van der Waals surface area (Å²) in [6, 6.07) is 23.3. The number of benzene rings is 3. The fraction of sp³-hybridized carbons (Fsp3) is 0.125. The lowest BCUT2D eigenvalue weighted by Crippen LogP contribution is -2.54. The first kappa shape index (κ1) is 19.8. The van der Waals surface area contributed by atoms with Crippen LogP contribution in [0, 0.1) is 6.92 Å². The van der Waals surface area contributed by atoms with Gasteiger partial charge in [-0.2, -0.15) is 4.98 Å². The molecular weight excluding hydrogens is 406 g/mol. The minimum Gasteiger partial charge on any atom is -0.457 e. The molecule has 2 heterocycles. The Morgan fingerprint density at radius 3 is 2.41 bits per heavy atom. The molecule has 1 aliphatic rings. The highest BCUT2D eigenvalue weighted by Gasteiger charge is 2.29. The second-order valence-corrected chi connectivity index (χ2v) is 7.46. The van der Waals surface area contributed by atoms with Crippen LogP contribution < -0.4 is 15.3 Å². The average Bonchev–Trinajstić information content (AvgIpc) is 3.23. The van der Waals surface area contributed by atoms with Crippen LogP contribution in [0.2, 0.25) is 0 Å². The fourth-order valence-electron chi connectivity index (χ4n) is 3.59. The van der Waals surface area contributed by atoms with Crippen molar-refractivity contribution in [2.45, 2.75) is 13.5 Å². The zero-order valence-corrected chi connectivity index (χ0v) is 17.6. The van der Waals surface area contributed by atoms with Crippen molar-refractivity contribution in [3.05, 3.63) is 90.1 Å². The van der Waals surface area contributed by atoms with Crippen LogP contribution in [0.4, 0.5) is 5.69 Å². The highest BCUT2D eigenvalue weighted by Crippen LogP contribution is 2.31. The number of hydrazine groups is 2. The van der Waals surface area contributed by atoms with Crippen molar-refractivity contribution in [3.8, 4) is 22.6 Å². The zero-order valence-electron chi connectivity index (χ0n) is 17.6. The second kappa shape index (κ2) is 8.16. The molecule has 0 saturated heterocycles. The molecule has 0 bridgehead atoms. The molecule has 1 aliphatic heterocycles. The van der Waals surface area contributed by atoms with Crippen molar-refractivity contribution in [2.24, 2.45) is 0 Å². The number of para-hydroxylation sites is 1. The Labute approximate surface area is 185 Å². The fourth-order valence-corrected chi connectivity index (χ4v) is 3.59. The molecule has 0 spiro atoms. The number of nitrogens with zero attached hydrogens (tertiary/aromatic N) is 4. The molecule has 0 radical (unpaired) electrons. The Morgan fingerprint density at radius 2 is 1.69 bits per heavy atom. The van der Waals surface area contributed by atoms with E-state index in [0.717, 1.165) is 28.3 Å². The SMILES string of the molecule is Cc1noc(CN2NN(C)c3ccc(-c4ccc(Oc5ccccc5)cc4)cc3C2=O)n1. The molecule has 1 N–H and O–H groups in total. The Bertz CT molecular complexity index is 1250. The molecule has 0 saturated carbocycles. The molecule has 3 aromatic carbocycles. The molecule has 0 atom stereocenters. The summed E-state index contributed by atoms with van der Waals surface area (Å²) in [4.78, 5) is 17.3. The third-order valence-corrected chi connectivity index (χ3v) is 5.13. The van der Waals surface area contributed by atoms with Crippen LogP contribution in [0.25, 0.3) is 11.1 Å². The van der Waals surface area contributed by atoms with Gasteiger partial charge in [0.1, 0.15) is 18.0 Å². The lowest BCUT2D eigenvalue weighted by molar-refractivity contribution is 0.0582. The number of hydrogen-bond donors (Lipinski definition) is 1. The van der Waals surface area contributed by atoms with Crippen LogP contribution in [-0.4, -0.2) is 28.1 Å². The van der Waals surface area contributed by atoms with E-state index in [-0.39, 0.29) is 12.5 Å². The second-order valence-electron chi connectivity index (χ2n) is 7.46. The van der Waals surface area contributed by atoms with Crippen molar-refractivity contribution < 1.29 is 14.1 Å². The number of hydrogen-bond acceptors (Lipinski definition) is 7. The van der Waals surface area contributed by atoms with E-state index in [2.05, 4.69) is 15.7 Å². The van der Waals surface area contributed by atoms with Crippen molar-refractivity contribution >= 4 is 11.6 Å². The minimum absolute atomic E-state index is 0.166. The third-order valence-electron chi connectivity index (χ3n) is 5.13. The number of aromatic nitrogens is 2. The van der Waals surface area contributed by atoms with E-state index < -0.39 is 0 Å². The van der Waals surface area contributed by atoms with Gasteiger partial charge in [-0.05, 0) is 54.4 Å². The predicted molar refractivity (Wildman–Crippen MR) is 119 cm³/mol. The maximum Gasteiger partial charge on any atom is 0.272 e. The summed E-state index contributed by atoms with van der Waals surface area (Å²) in [7, 11) is 1.85. The summed E-state index contributed by atoms with van der Waals surface area (Å²) in [5.41, 5.74) is 6.35. The molecule has 8 nitrogen and oxygen atoms in total. The van der Waals surface area contributed by atoms with E-state index in [1.54, 1.807) is 11.9 Å². The molecule has 32 heavy (non-hydrogen) atoms. The first-order chi connectivity index (χ1) is 15.6. The van der Waals surface area contributed by atoms with Gasteiger partial charge in [0, 0.05) is 7.05 Å². The van der Waals surface area contributed by atoms with E-state index in [9.17, 15) is 4.79 Å². The molecule has 0 aliphatic carbocycles. The Morgan fingerprint density at radius 1 is 0.969 bits per heavy atom. The largest absolute Gasteiger partial charge is 0.457 e. The van der Waals surface area contributed by atoms with Crippen LogP contribution in [0.3, 0.4) is 0 Å². The number of carbonyl (C=O) groups is 1. The van der Waals surface area contributed by atoms with Gasteiger partial charge in [-0.3, -0.25) is 9.80 Å². The number of aryl methyl sites for hydroxylation is 1. The number of amides is 1. The molecule has 4 aromatic rings. The first-order valence-corrected chi connectivity index (χ1v) is 10.2. The molecule has 1 amide bonds. The Hall–Kier alpha value is -4.17. The lowest BCUT2D eigenvalue weighted by atomic mass is 10.0. The third kappa shape index (κ3) is 3.91. The van der Waals surface area contributed by atoms with Gasteiger partial charge in [0.15, 0.2) is 5.82 Å². The van der Waals surface area contributed by atoms with Crippen molar-refractivity contribution in [1.82, 2.24) is 20.7 Å². The van der Waals surface area contributed by atoms with Gasteiger partial charge in [0.05, 0.1) is 11.3 Å². The molecule has 0 unspecified atom stereocenters. The maximum absolute atomic E-state index is 13.1. The van der Waals surface area contributed by atoms with Crippen molar-refractivity contribution in [3.63, 3.8) is 0 Å². The lowest BCUT2D eigenvalue weighted by Gasteiger charge is -2.35. The summed E-state index contributed by atoms with van der Waals surface area (Å²) in [5.74, 6) is 2.26. The molecule has 0 fully saturated rings. The summed E-state index contributed by atoms with van der Waals surface area (Å²) in [6.07, 6.45) is 0.